The van der Waals surface area contributed by atoms with Crippen molar-refractivity contribution in [2.45, 2.75) is 0 Å². The van der Waals surface area contributed by atoms with Crippen molar-refractivity contribution in [2.24, 2.45) is 0 Å². The molecular weight excluding hydrogens is 429 g/mol. The summed E-state index contributed by atoms with van der Waals surface area (Å²) in [4.78, 5) is 33.6. The van der Waals surface area contributed by atoms with Crippen molar-refractivity contribution < 1.29 is 18.4 Å². The normalized spacial score (nSPS) is 13.0. The highest BCUT2D eigenvalue weighted by atomic mass is 35.5. The molecule has 0 saturated heterocycles. The van der Waals surface area contributed by atoms with E-state index in [1.165, 1.54) is 18.2 Å². The topological polar surface area (TPSA) is 110 Å². The van der Waals surface area contributed by atoms with Gasteiger partial charge in [-0.3, -0.25) is 9.59 Å². The van der Waals surface area contributed by atoms with Crippen LogP contribution in [0.2, 0.25) is 10.0 Å². The quantitative estimate of drug-likeness (QED) is 0.317. The lowest BCUT2D eigenvalue weighted by Crippen LogP contribution is -2.00. The van der Waals surface area contributed by atoms with E-state index < -0.39 is 11.6 Å². The third-order valence-electron chi connectivity index (χ3n) is 4.56. The standard InChI is InChI=1S/C21H7Cl2N3O4/c22-14-5-11-12(6-15(14)23)18(28)13(17(11)27)7-16-25-20-21(29-16)26-19(30-20)10-3-1-9(8-24)2-4-10/h1-7H. The smallest absolute Gasteiger partial charge is 0.288 e. The van der Waals surface area contributed by atoms with Gasteiger partial charge < -0.3 is 8.83 Å². The van der Waals surface area contributed by atoms with Crippen LogP contribution in [-0.4, -0.2) is 21.5 Å². The average molecular weight is 436 g/mol. The summed E-state index contributed by atoms with van der Waals surface area (Å²) in [5.74, 6) is -0.710. The van der Waals surface area contributed by atoms with Crippen LogP contribution >= 0.6 is 23.2 Å². The molecule has 2 aromatic carbocycles. The Morgan fingerprint density at radius 1 is 0.900 bits per heavy atom. The summed E-state index contributed by atoms with van der Waals surface area (Å²) in [5, 5.41) is 9.24. The highest BCUT2D eigenvalue weighted by Crippen LogP contribution is 2.34. The number of nitrogens with zero attached hydrogens (tertiary/aromatic N) is 3. The molecule has 0 saturated carbocycles. The fraction of sp³-hybridized carbons (Fsp3) is 0. The first-order valence-corrected chi connectivity index (χ1v) is 9.28. The van der Waals surface area contributed by atoms with Crippen molar-refractivity contribution >= 4 is 52.3 Å². The molecule has 2 aromatic heterocycles. The number of hydrogen-bond donors (Lipinski definition) is 0. The third-order valence-corrected chi connectivity index (χ3v) is 5.28. The largest absolute Gasteiger partial charge is 0.415 e. The lowest BCUT2D eigenvalue weighted by Gasteiger charge is -1.98. The van der Waals surface area contributed by atoms with Gasteiger partial charge in [-0.2, -0.15) is 15.2 Å². The van der Waals surface area contributed by atoms with Gasteiger partial charge in [0, 0.05) is 22.8 Å². The molecule has 2 heterocycles. The molecule has 0 aliphatic heterocycles. The first kappa shape index (κ1) is 18.3. The van der Waals surface area contributed by atoms with Crippen LogP contribution in [-0.2, 0) is 0 Å². The van der Waals surface area contributed by atoms with Gasteiger partial charge in [0.25, 0.3) is 11.4 Å². The second-order valence-electron chi connectivity index (χ2n) is 6.40. The van der Waals surface area contributed by atoms with E-state index in [2.05, 4.69) is 9.97 Å². The Bertz CT molecular complexity index is 1380. The summed E-state index contributed by atoms with van der Waals surface area (Å²) in [6.45, 7) is 0. The minimum atomic E-state index is -0.491. The Hall–Kier alpha value is -3.73. The second-order valence-corrected chi connectivity index (χ2v) is 7.21. The Morgan fingerprint density at radius 2 is 1.50 bits per heavy atom. The molecule has 1 aliphatic carbocycles. The summed E-state index contributed by atoms with van der Waals surface area (Å²) >= 11 is 11.9. The first-order chi connectivity index (χ1) is 14.4. The molecule has 0 radical (unpaired) electrons. The number of oxazole rings is 2. The minimum Gasteiger partial charge on any atom is -0.415 e. The molecule has 144 valence electrons. The number of nitriles is 1. The predicted octanol–water partition coefficient (Wildman–Crippen LogP) is 5.12. The van der Waals surface area contributed by atoms with E-state index in [1.54, 1.807) is 24.3 Å². The number of halogens is 2. The minimum absolute atomic E-state index is 0.00401. The van der Waals surface area contributed by atoms with Crippen LogP contribution in [0.3, 0.4) is 0 Å². The average Bonchev–Trinajstić information content (AvgIpc) is 3.37. The highest BCUT2D eigenvalue weighted by molar-refractivity contribution is 6.46. The van der Waals surface area contributed by atoms with E-state index in [0.717, 1.165) is 0 Å². The van der Waals surface area contributed by atoms with E-state index in [1.807, 2.05) is 6.07 Å². The van der Waals surface area contributed by atoms with Gasteiger partial charge in [0.1, 0.15) is 0 Å². The van der Waals surface area contributed by atoms with Crippen LogP contribution in [0.15, 0.2) is 50.8 Å². The van der Waals surface area contributed by atoms with Crippen molar-refractivity contribution in [1.82, 2.24) is 9.97 Å². The van der Waals surface area contributed by atoms with Crippen LogP contribution in [0.5, 0.6) is 0 Å². The zero-order valence-corrected chi connectivity index (χ0v) is 16.3. The van der Waals surface area contributed by atoms with Crippen LogP contribution in [0.1, 0.15) is 32.2 Å². The lowest BCUT2D eigenvalue weighted by atomic mass is 10.1. The van der Waals surface area contributed by atoms with Gasteiger partial charge in [-0.25, -0.2) is 0 Å². The Morgan fingerprint density at radius 3 is 2.07 bits per heavy atom. The lowest BCUT2D eigenvalue weighted by molar-refractivity contribution is 0.0990. The molecule has 0 spiro atoms. The number of carbonyl (C=O) groups excluding carboxylic acids is 2. The van der Waals surface area contributed by atoms with E-state index in [4.69, 9.17) is 37.3 Å². The SMILES string of the molecule is N#Cc1ccc(-c2nc3oc(C=C4C(=O)c5cc(Cl)c(Cl)cc5C4=O)nc3o2)cc1. The van der Waals surface area contributed by atoms with Crippen LogP contribution in [0, 0.1) is 11.3 Å². The molecule has 1 aliphatic rings. The van der Waals surface area contributed by atoms with Crippen molar-refractivity contribution in [3.63, 3.8) is 0 Å². The van der Waals surface area contributed by atoms with Gasteiger partial charge in [0.05, 0.1) is 27.3 Å². The highest BCUT2D eigenvalue weighted by Gasteiger charge is 2.34. The molecule has 0 atom stereocenters. The maximum absolute atomic E-state index is 12.6. The van der Waals surface area contributed by atoms with Gasteiger partial charge in [0.15, 0.2) is 11.6 Å². The summed E-state index contributed by atoms with van der Waals surface area (Å²) < 4.78 is 11.1. The van der Waals surface area contributed by atoms with Crippen molar-refractivity contribution in [3.8, 4) is 17.5 Å². The van der Waals surface area contributed by atoms with Crippen LogP contribution in [0.4, 0.5) is 0 Å². The number of Topliss-reactive ketones (excluding diaryl/α,β-unsaturated/α-hetero) is 2. The molecule has 0 N–H and O–H groups in total. The maximum Gasteiger partial charge on any atom is 0.288 e. The van der Waals surface area contributed by atoms with Crippen LogP contribution in [0.25, 0.3) is 29.0 Å². The zero-order valence-electron chi connectivity index (χ0n) is 14.8. The Labute approximate surface area is 178 Å². The molecule has 5 rings (SSSR count). The number of carbonyl (C=O) groups is 2. The molecular formula is C21H7Cl2N3O4. The monoisotopic (exact) mass is 435 g/mol. The number of allylic oxidation sites excluding steroid dienone is 1. The van der Waals surface area contributed by atoms with Crippen molar-refractivity contribution in [2.75, 3.05) is 0 Å². The number of aromatic nitrogens is 2. The number of hydrogen-bond acceptors (Lipinski definition) is 7. The van der Waals surface area contributed by atoms with Gasteiger partial charge in [0.2, 0.25) is 11.8 Å². The van der Waals surface area contributed by atoms with E-state index in [9.17, 15) is 9.59 Å². The number of fused-ring (bicyclic) bond motifs is 2. The number of ketones is 2. The third kappa shape index (κ3) is 2.82. The summed E-state index contributed by atoms with van der Waals surface area (Å²) in [7, 11) is 0. The Balaban J connectivity index is 1.49. The maximum atomic E-state index is 12.6. The summed E-state index contributed by atoms with van der Waals surface area (Å²) in [6.07, 6.45) is 1.24. The molecule has 9 heteroatoms. The number of benzene rings is 2. The molecule has 0 unspecified atom stereocenters. The fourth-order valence-electron chi connectivity index (χ4n) is 3.10. The molecule has 0 bridgehead atoms. The predicted molar refractivity (Wildman–Crippen MR) is 107 cm³/mol. The first-order valence-electron chi connectivity index (χ1n) is 8.52. The van der Waals surface area contributed by atoms with Crippen LogP contribution < -0.4 is 0 Å². The zero-order chi connectivity index (χ0) is 21.0. The summed E-state index contributed by atoms with van der Waals surface area (Å²) in [5.41, 5.74) is 1.63. The van der Waals surface area contributed by atoms with Gasteiger partial charge in [-0.05, 0) is 36.4 Å². The molecule has 0 fully saturated rings. The van der Waals surface area contributed by atoms with E-state index in [0.29, 0.717) is 11.1 Å². The van der Waals surface area contributed by atoms with Gasteiger partial charge >= 0.3 is 0 Å². The molecule has 7 nitrogen and oxygen atoms in total. The van der Waals surface area contributed by atoms with Gasteiger partial charge in [-0.15, -0.1) is 0 Å². The van der Waals surface area contributed by atoms with Crippen molar-refractivity contribution in [1.29, 1.82) is 5.26 Å². The van der Waals surface area contributed by atoms with Gasteiger partial charge in [-0.1, -0.05) is 23.2 Å². The molecule has 4 aromatic rings. The fourth-order valence-corrected chi connectivity index (χ4v) is 3.43. The molecule has 30 heavy (non-hydrogen) atoms. The summed E-state index contributed by atoms with van der Waals surface area (Å²) in [6, 6.07) is 11.4. The Kier molecular flexibility index (Phi) is 4.07. The van der Waals surface area contributed by atoms with E-state index in [-0.39, 0.29) is 50.0 Å². The second kappa shape index (κ2) is 6.66. The van der Waals surface area contributed by atoms with Crippen molar-refractivity contribution in [3.05, 3.63) is 74.6 Å². The number of rotatable bonds is 2. The molecule has 0 amide bonds. The van der Waals surface area contributed by atoms with E-state index >= 15 is 0 Å².